The Morgan fingerprint density at radius 1 is 1.54 bits per heavy atom. The third-order valence-corrected chi connectivity index (χ3v) is 1.57. The van der Waals surface area contributed by atoms with Crippen molar-refractivity contribution in [3.05, 3.63) is 11.6 Å². The first-order valence-corrected chi connectivity index (χ1v) is 4.02. The standard InChI is InChI=1S/C8H13N3O2/c1-8(2,3)6(13)7-9-5(4-12)10-11-7/h12H,4H2,1-3H3,(H,9,10,11). The molecule has 1 aromatic rings. The van der Waals surface area contributed by atoms with E-state index in [2.05, 4.69) is 15.2 Å². The number of carbonyl (C=O) groups is 1. The highest BCUT2D eigenvalue weighted by atomic mass is 16.3. The van der Waals surface area contributed by atoms with E-state index in [-0.39, 0.29) is 18.2 Å². The van der Waals surface area contributed by atoms with E-state index in [1.54, 1.807) is 20.8 Å². The maximum absolute atomic E-state index is 11.6. The minimum Gasteiger partial charge on any atom is -0.388 e. The summed E-state index contributed by atoms with van der Waals surface area (Å²) in [6.07, 6.45) is 0. The van der Waals surface area contributed by atoms with E-state index in [0.717, 1.165) is 0 Å². The summed E-state index contributed by atoms with van der Waals surface area (Å²) in [5.41, 5.74) is -0.491. The molecule has 0 saturated heterocycles. The van der Waals surface area contributed by atoms with Crippen molar-refractivity contribution in [3.63, 3.8) is 0 Å². The van der Waals surface area contributed by atoms with Crippen LogP contribution in [-0.2, 0) is 6.61 Å². The molecule has 0 aliphatic rings. The molecule has 0 radical (unpaired) electrons. The van der Waals surface area contributed by atoms with Crippen LogP contribution < -0.4 is 0 Å². The predicted molar refractivity (Wildman–Crippen MR) is 46.1 cm³/mol. The van der Waals surface area contributed by atoms with E-state index in [1.165, 1.54) is 0 Å². The smallest absolute Gasteiger partial charge is 0.217 e. The number of hydrogen-bond acceptors (Lipinski definition) is 4. The Balaban J connectivity index is 2.90. The van der Waals surface area contributed by atoms with Gasteiger partial charge in [-0.25, -0.2) is 4.98 Å². The lowest BCUT2D eigenvalue weighted by atomic mass is 9.90. The molecule has 5 heteroatoms. The van der Waals surface area contributed by atoms with E-state index in [0.29, 0.717) is 5.82 Å². The van der Waals surface area contributed by atoms with Crippen LogP contribution in [0.15, 0.2) is 0 Å². The molecule has 1 rings (SSSR count). The summed E-state index contributed by atoms with van der Waals surface area (Å²) >= 11 is 0. The predicted octanol–water partition coefficient (Wildman–Crippen LogP) is 0.526. The fourth-order valence-electron chi connectivity index (χ4n) is 0.803. The summed E-state index contributed by atoms with van der Waals surface area (Å²) in [4.78, 5) is 15.4. The molecule has 0 bridgehead atoms. The molecular weight excluding hydrogens is 170 g/mol. The molecule has 0 unspecified atom stereocenters. The number of aromatic nitrogens is 3. The maximum Gasteiger partial charge on any atom is 0.217 e. The second-order valence-corrected chi connectivity index (χ2v) is 3.84. The summed E-state index contributed by atoms with van der Waals surface area (Å²) < 4.78 is 0. The SMILES string of the molecule is CC(C)(C)C(=O)c1n[nH]c(CO)n1. The van der Waals surface area contributed by atoms with Gasteiger partial charge in [-0.15, -0.1) is 0 Å². The molecule has 0 amide bonds. The van der Waals surface area contributed by atoms with Gasteiger partial charge in [-0.05, 0) is 0 Å². The summed E-state index contributed by atoms with van der Waals surface area (Å²) in [7, 11) is 0. The van der Waals surface area contributed by atoms with Crippen molar-refractivity contribution in [2.24, 2.45) is 5.41 Å². The highest BCUT2D eigenvalue weighted by molar-refractivity contribution is 5.96. The molecule has 13 heavy (non-hydrogen) atoms. The van der Waals surface area contributed by atoms with Crippen molar-refractivity contribution in [1.29, 1.82) is 0 Å². The zero-order valence-electron chi connectivity index (χ0n) is 7.96. The Labute approximate surface area is 76.2 Å². The molecule has 1 aromatic heterocycles. The van der Waals surface area contributed by atoms with Crippen molar-refractivity contribution in [1.82, 2.24) is 15.2 Å². The molecule has 0 saturated carbocycles. The molecule has 0 aromatic carbocycles. The van der Waals surface area contributed by atoms with Crippen LogP contribution in [-0.4, -0.2) is 26.1 Å². The molecule has 5 nitrogen and oxygen atoms in total. The van der Waals surface area contributed by atoms with Gasteiger partial charge in [0, 0.05) is 5.41 Å². The number of Topliss-reactive ketones (excluding diaryl/α,β-unsaturated/α-hetero) is 1. The summed E-state index contributed by atoms with van der Waals surface area (Å²) in [5.74, 6) is 0.313. The van der Waals surface area contributed by atoms with Crippen LogP contribution in [0, 0.1) is 5.41 Å². The van der Waals surface area contributed by atoms with Crippen LogP contribution in [0.5, 0.6) is 0 Å². The maximum atomic E-state index is 11.6. The van der Waals surface area contributed by atoms with Crippen LogP contribution in [0.4, 0.5) is 0 Å². The molecule has 2 N–H and O–H groups in total. The molecule has 1 heterocycles. The number of H-pyrrole nitrogens is 1. The highest BCUT2D eigenvalue weighted by Gasteiger charge is 2.26. The number of ketones is 1. The molecule has 0 spiro atoms. The average molecular weight is 183 g/mol. The Morgan fingerprint density at radius 2 is 2.15 bits per heavy atom. The van der Waals surface area contributed by atoms with Crippen LogP contribution >= 0.6 is 0 Å². The molecule has 0 atom stereocenters. The second kappa shape index (κ2) is 3.26. The van der Waals surface area contributed by atoms with Crippen LogP contribution in [0.2, 0.25) is 0 Å². The van der Waals surface area contributed by atoms with Crippen LogP contribution in [0.3, 0.4) is 0 Å². The van der Waals surface area contributed by atoms with Crippen molar-refractivity contribution < 1.29 is 9.90 Å². The fraction of sp³-hybridized carbons (Fsp3) is 0.625. The number of aliphatic hydroxyl groups is 1. The molecule has 0 aliphatic carbocycles. The van der Waals surface area contributed by atoms with Gasteiger partial charge in [0.1, 0.15) is 6.61 Å². The van der Waals surface area contributed by atoms with Gasteiger partial charge in [-0.1, -0.05) is 20.8 Å². The lowest BCUT2D eigenvalue weighted by Crippen LogP contribution is -2.21. The number of nitrogens with one attached hydrogen (secondary N) is 1. The van der Waals surface area contributed by atoms with Crippen molar-refractivity contribution in [2.75, 3.05) is 0 Å². The first-order chi connectivity index (χ1) is 5.95. The lowest BCUT2D eigenvalue weighted by molar-refractivity contribution is 0.0847. The number of nitrogens with zero attached hydrogens (tertiary/aromatic N) is 2. The van der Waals surface area contributed by atoms with Crippen molar-refractivity contribution in [3.8, 4) is 0 Å². The monoisotopic (exact) mass is 183 g/mol. The van der Waals surface area contributed by atoms with Gasteiger partial charge in [0.25, 0.3) is 0 Å². The van der Waals surface area contributed by atoms with E-state index >= 15 is 0 Å². The first-order valence-electron chi connectivity index (χ1n) is 4.02. The van der Waals surface area contributed by atoms with E-state index in [4.69, 9.17) is 5.11 Å². The van der Waals surface area contributed by atoms with Crippen LogP contribution in [0.25, 0.3) is 0 Å². The number of carbonyl (C=O) groups excluding carboxylic acids is 1. The van der Waals surface area contributed by atoms with Gasteiger partial charge in [0.15, 0.2) is 5.82 Å². The van der Waals surface area contributed by atoms with Gasteiger partial charge < -0.3 is 5.11 Å². The van der Waals surface area contributed by atoms with E-state index in [9.17, 15) is 4.79 Å². The Kier molecular flexibility index (Phi) is 2.47. The molecule has 72 valence electrons. The zero-order chi connectivity index (χ0) is 10.1. The van der Waals surface area contributed by atoms with Gasteiger partial charge in [0.05, 0.1) is 0 Å². The Bertz CT molecular complexity index is 311. The highest BCUT2D eigenvalue weighted by Crippen LogP contribution is 2.18. The van der Waals surface area contributed by atoms with E-state index in [1.807, 2.05) is 0 Å². The van der Waals surface area contributed by atoms with Crippen LogP contribution in [0.1, 0.15) is 37.2 Å². The Hall–Kier alpha value is -1.23. The Morgan fingerprint density at radius 3 is 2.54 bits per heavy atom. The van der Waals surface area contributed by atoms with Gasteiger partial charge in [-0.2, -0.15) is 5.10 Å². The summed E-state index contributed by atoms with van der Waals surface area (Å²) in [6.45, 7) is 5.16. The summed E-state index contributed by atoms with van der Waals surface area (Å²) in [5, 5.41) is 14.9. The van der Waals surface area contributed by atoms with Crippen molar-refractivity contribution in [2.45, 2.75) is 27.4 Å². The van der Waals surface area contributed by atoms with E-state index < -0.39 is 5.41 Å². The number of aromatic amines is 1. The van der Waals surface area contributed by atoms with Gasteiger partial charge >= 0.3 is 0 Å². The fourth-order valence-corrected chi connectivity index (χ4v) is 0.803. The van der Waals surface area contributed by atoms with Crippen molar-refractivity contribution >= 4 is 5.78 Å². The first kappa shape index (κ1) is 9.85. The number of hydrogen-bond donors (Lipinski definition) is 2. The van der Waals surface area contributed by atoms with Gasteiger partial charge in [0.2, 0.25) is 11.6 Å². The minimum absolute atomic E-state index is 0.136. The molecule has 0 aliphatic heterocycles. The molecule has 0 fully saturated rings. The topological polar surface area (TPSA) is 78.9 Å². The molecular formula is C8H13N3O2. The quantitative estimate of drug-likeness (QED) is 0.655. The third-order valence-electron chi connectivity index (χ3n) is 1.57. The summed E-state index contributed by atoms with van der Waals surface area (Å²) in [6, 6.07) is 0. The number of rotatable bonds is 2. The minimum atomic E-state index is -0.491. The van der Waals surface area contributed by atoms with Gasteiger partial charge in [-0.3, -0.25) is 9.89 Å². The zero-order valence-corrected chi connectivity index (χ0v) is 7.96. The second-order valence-electron chi connectivity index (χ2n) is 3.84. The average Bonchev–Trinajstić information content (AvgIpc) is 2.48. The largest absolute Gasteiger partial charge is 0.388 e. The lowest BCUT2D eigenvalue weighted by Gasteiger charge is -2.12. The normalized spacial score (nSPS) is 11.7. The third kappa shape index (κ3) is 2.12. The number of aliphatic hydroxyl groups excluding tert-OH is 1.